The van der Waals surface area contributed by atoms with E-state index < -0.39 is 19.8 Å². The first kappa shape index (κ1) is 27.7. The van der Waals surface area contributed by atoms with Crippen LogP contribution in [0.5, 0.6) is 0 Å². The first-order valence-corrected chi connectivity index (χ1v) is 13.9. The molecular weight excluding hydrogens is 509 g/mol. The third-order valence-corrected chi connectivity index (χ3v) is 6.86. The van der Waals surface area contributed by atoms with Crippen molar-refractivity contribution >= 4 is 36.4 Å². The Bertz CT molecular complexity index is 1340. The molecule has 0 amide bonds. The lowest BCUT2D eigenvalue weighted by atomic mass is 9.99. The van der Waals surface area contributed by atoms with E-state index in [1.54, 1.807) is 25.4 Å². The van der Waals surface area contributed by atoms with Crippen LogP contribution in [0.3, 0.4) is 0 Å². The maximum absolute atomic E-state index is 12.9. The van der Waals surface area contributed by atoms with Gasteiger partial charge in [-0.15, -0.1) is 0 Å². The molecule has 38 heavy (non-hydrogen) atoms. The zero-order chi connectivity index (χ0) is 27.5. The number of allylic oxidation sites excluding steroid dienone is 1. The van der Waals surface area contributed by atoms with E-state index in [1.165, 1.54) is 11.4 Å². The van der Waals surface area contributed by atoms with Crippen molar-refractivity contribution in [1.82, 2.24) is 19.5 Å². The van der Waals surface area contributed by atoms with Gasteiger partial charge in [0.2, 0.25) is 0 Å². The van der Waals surface area contributed by atoms with Crippen molar-refractivity contribution in [3.05, 3.63) is 55.1 Å². The van der Waals surface area contributed by atoms with Crippen molar-refractivity contribution in [3.63, 3.8) is 0 Å². The van der Waals surface area contributed by atoms with Crippen LogP contribution in [0.15, 0.2) is 55.1 Å². The minimum absolute atomic E-state index is 0.00904. The molecule has 1 aliphatic carbocycles. The predicted molar refractivity (Wildman–Crippen MR) is 144 cm³/mol. The van der Waals surface area contributed by atoms with Crippen LogP contribution in [0.4, 0.5) is 11.5 Å². The highest BCUT2D eigenvalue weighted by atomic mass is 31.2. The number of hydrogen-bond acceptors (Lipinski definition) is 10. The summed E-state index contributed by atoms with van der Waals surface area (Å²) in [6.45, 7) is 7.99. The van der Waals surface area contributed by atoms with E-state index in [0.717, 1.165) is 0 Å². The van der Waals surface area contributed by atoms with Crippen LogP contribution >= 0.6 is 7.75 Å². The summed E-state index contributed by atoms with van der Waals surface area (Å²) < 4.78 is 25.3. The Kier molecular flexibility index (Phi) is 8.17. The second-order valence-electron chi connectivity index (χ2n) is 10.4. The van der Waals surface area contributed by atoms with Gasteiger partial charge in [-0.05, 0) is 30.9 Å². The molecule has 204 valence electrons. The Balaban J connectivity index is 1.34. The van der Waals surface area contributed by atoms with E-state index in [1.807, 2.05) is 55.7 Å². The third-order valence-electron chi connectivity index (χ3n) is 5.92. The van der Waals surface area contributed by atoms with Crippen LogP contribution in [-0.4, -0.2) is 44.7 Å². The Hall–Kier alpha value is -3.31. The molecule has 2 aromatic heterocycles. The molecule has 0 radical (unpaired) electrons. The minimum Gasteiger partial charge on any atom is -0.382 e. The van der Waals surface area contributed by atoms with Gasteiger partial charge in [0.05, 0.1) is 31.3 Å². The number of carbonyl (C=O) groups excluding carboxylic acids is 1. The van der Waals surface area contributed by atoms with Crippen molar-refractivity contribution in [1.29, 1.82) is 0 Å². The van der Waals surface area contributed by atoms with Crippen LogP contribution in [0.1, 0.15) is 40.2 Å². The summed E-state index contributed by atoms with van der Waals surface area (Å²) in [5, 5.41) is 1.43. The fourth-order valence-electron chi connectivity index (χ4n) is 3.97. The highest BCUT2D eigenvalue weighted by Gasteiger charge is 2.33. The highest BCUT2D eigenvalue weighted by Crippen LogP contribution is 2.42. The molecule has 0 saturated carbocycles. The summed E-state index contributed by atoms with van der Waals surface area (Å²) in [5.41, 5.74) is 13.3. The third kappa shape index (κ3) is 6.76. The molecule has 4 N–H and O–H groups in total. The van der Waals surface area contributed by atoms with Crippen molar-refractivity contribution in [3.8, 4) is 0 Å². The predicted octanol–water partition coefficient (Wildman–Crippen LogP) is 4.03. The molecule has 1 aliphatic rings. The number of fused-ring (bicyclic) bond motifs is 1. The van der Waals surface area contributed by atoms with E-state index in [2.05, 4.69) is 15.0 Å². The molecule has 0 spiro atoms. The molecule has 1 unspecified atom stereocenters. The second-order valence-corrected chi connectivity index (χ2v) is 12.0. The van der Waals surface area contributed by atoms with Gasteiger partial charge in [0, 0.05) is 5.92 Å². The summed E-state index contributed by atoms with van der Waals surface area (Å²) in [4.78, 5) is 31.4. The lowest BCUT2D eigenvalue weighted by Gasteiger charge is -2.31. The van der Waals surface area contributed by atoms with Crippen LogP contribution in [0.25, 0.3) is 11.2 Å². The molecule has 3 aromatic rings. The fraction of sp³-hybridized carbons (Fsp3) is 0.440. The summed E-state index contributed by atoms with van der Waals surface area (Å²) in [5.74, 6) is -0.624. The molecule has 1 aromatic carbocycles. The monoisotopic (exact) mass is 543 g/mol. The summed E-state index contributed by atoms with van der Waals surface area (Å²) >= 11 is 0. The first-order chi connectivity index (χ1) is 17.9. The van der Waals surface area contributed by atoms with Crippen molar-refractivity contribution < 1.29 is 23.2 Å². The zero-order valence-electron chi connectivity index (χ0n) is 21.9. The molecule has 0 aliphatic heterocycles. The number of hydroxylamine groups is 1. The number of para-hydroxylation sites is 1. The topological polar surface area (TPSA) is 161 Å². The molecule has 12 nitrogen and oxygen atoms in total. The number of nitrogens with two attached hydrogens (primary N) is 2. The lowest BCUT2D eigenvalue weighted by Crippen LogP contribution is -2.42. The van der Waals surface area contributed by atoms with Crippen molar-refractivity contribution in [2.24, 2.45) is 16.8 Å². The Morgan fingerprint density at radius 2 is 1.95 bits per heavy atom. The quantitative estimate of drug-likeness (QED) is 0.216. The highest BCUT2D eigenvalue weighted by molar-refractivity contribution is 7.51. The van der Waals surface area contributed by atoms with Gasteiger partial charge in [0.1, 0.15) is 11.8 Å². The van der Waals surface area contributed by atoms with Crippen LogP contribution in [-0.2, 0) is 23.2 Å². The largest absolute Gasteiger partial charge is 0.458 e. The van der Waals surface area contributed by atoms with Crippen LogP contribution in [0.2, 0.25) is 0 Å². The number of benzene rings is 1. The maximum atomic E-state index is 12.9. The number of rotatable bonds is 10. The fourth-order valence-corrected chi connectivity index (χ4v) is 4.82. The van der Waals surface area contributed by atoms with Gasteiger partial charge in [-0.3, -0.25) is 9.36 Å². The number of carbonyl (C=O) groups is 1. The average Bonchev–Trinajstić information content (AvgIpc) is 3.50. The second kappa shape index (κ2) is 11.2. The molecule has 0 fully saturated rings. The zero-order valence-corrected chi connectivity index (χ0v) is 22.8. The smallest absolute Gasteiger partial charge is 0.382 e. The normalized spacial score (nSPS) is 19.8. The van der Waals surface area contributed by atoms with E-state index in [-0.39, 0.29) is 24.0 Å². The molecule has 13 heteroatoms. The molecule has 0 bridgehead atoms. The van der Waals surface area contributed by atoms with Gasteiger partial charge < -0.3 is 14.8 Å². The van der Waals surface area contributed by atoms with Gasteiger partial charge in [-0.1, -0.05) is 51.1 Å². The average molecular weight is 544 g/mol. The molecular formula is C25H34N7O5P. The van der Waals surface area contributed by atoms with E-state index >= 15 is 0 Å². The van der Waals surface area contributed by atoms with Gasteiger partial charge in [-0.2, -0.15) is 0 Å². The molecule has 4 rings (SSSR count). The lowest BCUT2D eigenvalue weighted by molar-refractivity contribution is -0.138. The molecule has 4 atom stereocenters. The number of nitrogens with zero attached hydrogens (tertiary/aromatic N) is 5. The van der Waals surface area contributed by atoms with Gasteiger partial charge in [0.25, 0.3) is 0 Å². The maximum Gasteiger partial charge on any atom is 0.458 e. The Morgan fingerprint density at radius 1 is 1.21 bits per heavy atom. The van der Waals surface area contributed by atoms with Gasteiger partial charge in [-0.25, -0.2) is 34.9 Å². The van der Waals surface area contributed by atoms with Gasteiger partial charge in [0.15, 0.2) is 17.5 Å². The number of aromatic nitrogens is 4. The minimum atomic E-state index is -4.19. The first-order valence-electron chi connectivity index (χ1n) is 12.3. The Morgan fingerprint density at radius 3 is 2.66 bits per heavy atom. The van der Waals surface area contributed by atoms with Crippen LogP contribution in [0, 0.1) is 11.3 Å². The standard InChI is InChI=1S/C25H34N7O5P/c1-17(32(35-14-25(2,3)4)19-8-6-5-7-9-19)24(33)37-38(27,34)36-13-18-10-11-20(12-18)31-16-30-21-22(26)28-15-29-23(21)31/h5-11,15-18,20H,12-14H2,1-4H3,(H2,27,34)(H2,26,28,29)/t17-,18-,20+,38?/m0/s1. The number of hydrogen-bond donors (Lipinski definition) is 2. The molecule has 0 saturated heterocycles. The van der Waals surface area contributed by atoms with Gasteiger partial charge >= 0.3 is 13.7 Å². The van der Waals surface area contributed by atoms with Crippen molar-refractivity contribution in [2.45, 2.75) is 46.2 Å². The van der Waals surface area contributed by atoms with E-state index in [9.17, 15) is 9.36 Å². The molecule has 2 heterocycles. The SMILES string of the molecule is C[C@@H](C(=O)OP(N)(=O)OC[C@H]1C=C[C@@H](n2cnc3c(N)ncnc32)C1)N(OCC(C)(C)C)c1ccccc1. The summed E-state index contributed by atoms with van der Waals surface area (Å²) in [7, 11) is -4.19. The number of imidazole rings is 1. The summed E-state index contributed by atoms with van der Waals surface area (Å²) in [6, 6.07) is 8.14. The van der Waals surface area contributed by atoms with E-state index in [4.69, 9.17) is 25.1 Å². The Labute approximate surface area is 221 Å². The van der Waals surface area contributed by atoms with Crippen molar-refractivity contribution in [2.75, 3.05) is 24.0 Å². The van der Waals surface area contributed by atoms with Crippen LogP contribution < -0.4 is 16.3 Å². The number of anilines is 2. The summed E-state index contributed by atoms with van der Waals surface area (Å²) in [6.07, 6.45) is 7.59. The number of nitrogen functional groups attached to an aromatic ring is 1. The van der Waals surface area contributed by atoms with E-state index in [0.29, 0.717) is 35.7 Å².